The summed E-state index contributed by atoms with van der Waals surface area (Å²) in [5, 5.41) is 5.68. The number of hydrogen-bond donors (Lipinski definition) is 2. The van der Waals surface area contributed by atoms with Crippen molar-refractivity contribution < 1.29 is 14.3 Å². The van der Waals surface area contributed by atoms with Crippen LogP contribution in [0, 0.1) is 0 Å². The highest BCUT2D eigenvalue weighted by atomic mass is 32.2. The molecule has 0 unspecified atom stereocenters. The number of fused-ring (bicyclic) bond motifs is 2. The van der Waals surface area contributed by atoms with Gasteiger partial charge in [-0.05, 0) is 54.6 Å². The molecule has 2 heterocycles. The lowest BCUT2D eigenvalue weighted by Crippen LogP contribution is -2.21. The molecule has 0 radical (unpaired) electrons. The molecule has 2 aromatic carbocycles. The summed E-state index contributed by atoms with van der Waals surface area (Å²) in [6.45, 7) is -0.0814. The van der Waals surface area contributed by atoms with Crippen LogP contribution in [0.5, 0.6) is 5.75 Å². The van der Waals surface area contributed by atoms with Crippen molar-refractivity contribution in [1.82, 2.24) is 4.98 Å². The quantitative estimate of drug-likeness (QED) is 0.636. The van der Waals surface area contributed by atoms with Gasteiger partial charge in [0.1, 0.15) is 5.75 Å². The van der Waals surface area contributed by atoms with Crippen molar-refractivity contribution in [3.8, 4) is 5.75 Å². The van der Waals surface area contributed by atoms with Crippen LogP contribution in [0.1, 0.15) is 12.0 Å². The Morgan fingerprint density at radius 3 is 3.04 bits per heavy atom. The molecule has 0 spiro atoms. The zero-order chi connectivity index (χ0) is 18.8. The van der Waals surface area contributed by atoms with Crippen LogP contribution in [0.3, 0.4) is 0 Å². The lowest BCUT2D eigenvalue weighted by molar-refractivity contribution is -0.118. The Morgan fingerprint density at radius 2 is 2.19 bits per heavy atom. The van der Waals surface area contributed by atoms with Crippen molar-refractivity contribution in [3.05, 3.63) is 42.0 Å². The molecule has 0 atom stereocenters. The van der Waals surface area contributed by atoms with Gasteiger partial charge in [-0.3, -0.25) is 9.59 Å². The van der Waals surface area contributed by atoms with Crippen LogP contribution in [0.15, 0.2) is 40.7 Å². The number of rotatable bonds is 5. The lowest BCUT2D eigenvalue weighted by atomic mass is 10.0. The van der Waals surface area contributed by atoms with Gasteiger partial charge in [-0.25, -0.2) is 4.98 Å². The highest BCUT2D eigenvalue weighted by Crippen LogP contribution is 2.30. The van der Waals surface area contributed by atoms with Gasteiger partial charge in [-0.15, -0.1) is 11.3 Å². The standard InChI is InChI=1S/C19H17N3O3S2/c1-26-19-22-15-5-3-12(9-16(15)27-19)20-18(24)10-25-13-4-6-14-11(8-13)2-7-17(23)21-14/h3-6,8-9H,2,7,10H2,1H3,(H,20,24)(H,21,23). The van der Waals surface area contributed by atoms with Gasteiger partial charge < -0.3 is 15.4 Å². The van der Waals surface area contributed by atoms with E-state index in [2.05, 4.69) is 15.6 Å². The first-order chi connectivity index (χ1) is 13.1. The molecule has 2 N–H and O–H groups in total. The third kappa shape index (κ3) is 4.06. The number of ether oxygens (including phenoxy) is 1. The van der Waals surface area contributed by atoms with Crippen molar-refractivity contribution in [3.63, 3.8) is 0 Å². The molecule has 3 aromatic rings. The molecule has 4 rings (SSSR count). The van der Waals surface area contributed by atoms with Crippen molar-refractivity contribution >= 4 is 56.5 Å². The van der Waals surface area contributed by atoms with E-state index in [0.717, 1.165) is 31.5 Å². The van der Waals surface area contributed by atoms with E-state index in [1.165, 1.54) is 0 Å². The van der Waals surface area contributed by atoms with E-state index < -0.39 is 0 Å². The maximum absolute atomic E-state index is 12.2. The van der Waals surface area contributed by atoms with Gasteiger partial charge in [0.2, 0.25) is 5.91 Å². The highest BCUT2D eigenvalue weighted by Gasteiger charge is 2.15. The predicted molar refractivity (Wildman–Crippen MR) is 109 cm³/mol. The maximum Gasteiger partial charge on any atom is 0.262 e. The minimum Gasteiger partial charge on any atom is -0.484 e. The first-order valence-electron chi connectivity index (χ1n) is 8.41. The molecule has 1 aromatic heterocycles. The lowest BCUT2D eigenvalue weighted by Gasteiger charge is -2.17. The summed E-state index contributed by atoms with van der Waals surface area (Å²) in [6, 6.07) is 11.1. The van der Waals surface area contributed by atoms with Gasteiger partial charge in [-0.1, -0.05) is 11.8 Å². The summed E-state index contributed by atoms with van der Waals surface area (Å²) in [7, 11) is 0. The van der Waals surface area contributed by atoms with Crippen LogP contribution in [0.4, 0.5) is 11.4 Å². The Labute approximate surface area is 164 Å². The minimum absolute atomic E-state index is 0.0260. The average molecular weight is 399 g/mol. The molecular formula is C19H17N3O3S2. The third-order valence-electron chi connectivity index (χ3n) is 4.17. The molecule has 138 valence electrons. The molecule has 1 aliphatic rings. The number of aryl methyl sites for hydroxylation is 1. The number of nitrogens with zero attached hydrogens (tertiary/aromatic N) is 1. The van der Waals surface area contributed by atoms with E-state index >= 15 is 0 Å². The molecule has 6 nitrogen and oxygen atoms in total. The first-order valence-corrected chi connectivity index (χ1v) is 10.4. The zero-order valence-electron chi connectivity index (χ0n) is 14.6. The predicted octanol–water partition coefficient (Wildman–Crippen LogP) is 3.92. The smallest absolute Gasteiger partial charge is 0.262 e. The Kier molecular flexibility index (Phi) is 5.00. The number of benzene rings is 2. The molecular weight excluding hydrogens is 382 g/mol. The van der Waals surface area contributed by atoms with E-state index in [4.69, 9.17) is 4.74 Å². The van der Waals surface area contributed by atoms with Crippen LogP contribution < -0.4 is 15.4 Å². The van der Waals surface area contributed by atoms with Crippen molar-refractivity contribution in [2.75, 3.05) is 23.5 Å². The maximum atomic E-state index is 12.2. The van der Waals surface area contributed by atoms with Crippen LogP contribution in [-0.4, -0.2) is 29.7 Å². The summed E-state index contributed by atoms with van der Waals surface area (Å²) in [6.07, 6.45) is 3.14. The molecule has 0 saturated heterocycles. The Bertz CT molecular complexity index is 1030. The van der Waals surface area contributed by atoms with E-state index in [1.807, 2.05) is 30.5 Å². The Morgan fingerprint density at radius 1 is 1.30 bits per heavy atom. The van der Waals surface area contributed by atoms with Gasteiger partial charge in [0.15, 0.2) is 10.9 Å². The Balaban J connectivity index is 1.37. The fourth-order valence-electron chi connectivity index (χ4n) is 2.86. The van der Waals surface area contributed by atoms with Crippen LogP contribution in [0.25, 0.3) is 10.2 Å². The largest absolute Gasteiger partial charge is 0.484 e. The normalized spacial score (nSPS) is 13.1. The fourth-order valence-corrected chi connectivity index (χ4v) is 4.39. The zero-order valence-corrected chi connectivity index (χ0v) is 16.2. The fraction of sp³-hybridized carbons (Fsp3) is 0.211. The third-order valence-corrected chi connectivity index (χ3v) is 6.17. The number of carbonyl (C=O) groups excluding carboxylic acids is 2. The number of thioether (sulfide) groups is 1. The number of nitrogens with one attached hydrogen (secondary N) is 2. The van der Waals surface area contributed by atoms with E-state index in [1.54, 1.807) is 35.2 Å². The average Bonchev–Trinajstić information content (AvgIpc) is 3.09. The number of anilines is 2. The number of aromatic nitrogens is 1. The van der Waals surface area contributed by atoms with Gasteiger partial charge in [-0.2, -0.15) is 0 Å². The summed E-state index contributed by atoms with van der Waals surface area (Å²) in [5.41, 5.74) is 3.48. The molecule has 0 fully saturated rings. The van der Waals surface area contributed by atoms with Crippen LogP contribution >= 0.6 is 23.1 Å². The topological polar surface area (TPSA) is 80.3 Å². The number of carbonyl (C=O) groups is 2. The van der Waals surface area contributed by atoms with Crippen molar-refractivity contribution in [1.29, 1.82) is 0 Å². The SMILES string of the molecule is CSc1nc2ccc(NC(=O)COc3ccc4c(c3)CCC(=O)N4)cc2s1. The summed E-state index contributed by atoms with van der Waals surface area (Å²) >= 11 is 3.21. The molecule has 8 heteroatoms. The van der Waals surface area contributed by atoms with E-state index in [9.17, 15) is 9.59 Å². The van der Waals surface area contributed by atoms with Crippen molar-refractivity contribution in [2.24, 2.45) is 0 Å². The summed E-state index contributed by atoms with van der Waals surface area (Å²) < 4.78 is 7.64. The monoisotopic (exact) mass is 399 g/mol. The van der Waals surface area contributed by atoms with Gasteiger partial charge in [0, 0.05) is 17.8 Å². The van der Waals surface area contributed by atoms with Crippen molar-refractivity contribution in [2.45, 2.75) is 17.2 Å². The number of hydrogen-bond acceptors (Lipinski definition) is 6. The molecule has 0 bridgehead atoms. The second-order valence-corrected chi connectivity index (χ2v) is 8.15. The number of thiazole rings is 1. The second-order valence-electron chi connectivity index (χ2n) is 6.07. The van der Waals surface area contributed by atoms with E-state index in [-0.39, 0.29) is 18.4 Å². The Hall–Kier alpha value is -2.58. The molecule has 1 aliphatic heterocycles. The van der Waals surface area contributed by atoms with Gasteiger partial charge >= 0.3 is 0 Å². The number of amides is 2. The molecule has 27 heavy (non-hydrogen) atoms. The molecule has 2 amide bonds. The summed E-state index contributed by atoms with van der Waals surface area (Å²) in [4.78, 5) is 28.1. The summed E-state index contributed by atoms with van der Waals surface area (Å²) in [5.74, 6) is 0.413. The van der Waals surface area contributed by atoms with E-state index in [0.29, 0.717) is 18.6 Å². The van der Waals surface area contributed by atoms with Crippen LogP contribution in [-0.2, 0) is 16.0 Å². The van der Waals surface area contributed by atoms with Gasteiger partial charge in [0.25, 0.3) is 5.91 Å². The highest BCUT2D eigenvalue weighted by molar-refractivity contribution is 8.00. The molecule has 0 saturated carbocycles. The van der Waals surface area contributed by atoms with Crippen LogP contribution in [0.2, 0.25) is 0 Å². The first kappa shape index (κ1) is 17.8. The molecule has 0 aliphatic carbocycles. The second kappa shape index (κ2) is 7.58. The minimum atomic E-state index is -0.227. The van der Waals surface area contributed by atoms with Gasteiger partial charge in [0.05, 0.1) is 10.2 Å².